The van der Waals surface area contributed by atoms with Gasteiger partial charge < -0.3 is 10.1 Å². The smallest absolute Gasteiger partial charge is 0.308 e. The third kappa shape index (κ3) is 2.75. The molecule has 0 heterocycles. The van der Waals surface area contributed by atoms with Crippen molar-refractivity contribution in [1.82, 2.24) is 0 Å². The SMILES string of the molecule is COC(=O)C1CC(Nc2ccc(I)c(C#N)c2)C1. The van der Waals surface area contributed by atoms with Crippen LogP contribution in [0.2, 0.25) is 0 Å². The molecule has 1 aromatic rings. The molecule has 18 heavy (non-hydrogen) atoms. The molecule has 0 radical (unpaired) electrons. The number of nitriles is 1. The highest BCUT2D eigenvalue weighted by molar-refractivity contribution is 14.1. The number of benzene rings is 1. The minimum Gasteiger partial charge on any atom is -0.469 e. The monoisotopic (exact) mass is 356 g/mol. The Labute approximate surface area is 119 Å². The normalized spacial score (nSPS) is 21.6. The second-order valence-electron chi connectivity index (χ2n) is 4.34. The van der Waals surface area contributed by atoms with Crippen LogP contribution in [0, 0.1) is 20.8 Å². The standard InChI is InChI=1S/C13H13IN2O2/c1-18-13(17)8-4-11(5-8)16-10-2-3-12(14)9(6-10)7-15/h2-3,6,8,11,16H,4-5H2,1H3. The summed E-state index contributed by atoms with van der Waals surface area (Å²) < 4.78 is 5.64. The number of esters is 1. The lowest BCUT2D eigenvalue weighted by molar-refractivity contribution is -0.148. The molecule has 0 amide bonds. The summed E-state index contributed by atoms with van der Waals surface area (Å²) in [6, 6.07) is 8.16. The lowest BCUT2D eigenvalue weighted by atomic mass is 9.80. The van der Waals surface area contributed by atoms with Crippen molar-refractivity contribution in [3.05, 3.63) is 27.3 Å². The van der Waals surface area contributed by atoms with Crippen molar-refractivity contribution in [3.63, 3.8) is 0 Å². The van der Waals surface area contributed by atoms with Gasteiger partial charge in [-0.05, 0) is 53.6 Å². The number of carbonyl (C=O) groups is 1. The van der Waals surface area contributed by atoms with E-state index in [1.54, 1.807) is 0 Å². The lowest BCUT2D eigenvalue weighted by Gasteiger charge is -2.34. The molecule has 0 saturated heterocycles. The lowest BCUT2D eigenvalue weighted by Crippen LogP contribution is -2.40. The average Bonchev–Trinajstić information content (AvgIpc) is 2.34. The first kappa shape index (κ1) is 13.1. The summed E-state index contributed by atoms with van der Waals surface area (Å²) in [6.07, 6.45) is 1.58. The van der Waals surface area contributed by atoms with E-state index in [0.717, 1.165) is 22.1 Å². The molecule has 5 heteroatoms. The maximum atomic E-state index is 11.2. The summed E-state index contributed by atoms with van der Waals surface area (Å²) in [5.74, 6) is -0.111. The Morgan fingerprint density at radius 1 is 1.56 bits per heavy atom. The molecule has 1 aromatic carbocycles. The Hall–Kier alpha value is -1.29. The zero-order valence-corrected chi connectivity index (χ0v) is 12.1. The molecular formula is C13H13IN2O2. The van der Waals surface area contributed by atoms with E-state index in [1.807, 2.05) is 18.2 Å². The molecule has 4 nitrogen and oxygen atoms in total. The highest BCUT2D eigenvalue weighted by atomic mass is 127. The number of halogens is 1. The molecule has 0 atom stereocenters. The minimum atomic E-state index is -0.131. The van der Waals surface area contributed by atoms with Crippen molar-refractivity contribution < 1.29 is 9.53 Å². The number of nitrogens with zero attached hydrogens (tertiary/aromatic N) is 1. The van der Waals surface area contributed by atoms with Gasteiger partial charge in [-0.2, -0.15) is 5.26 Å². The predicted octanol–water partition coefficient (Wildman–Crippen LogP) is 2.53. The third-order valence-electron chi connectivity index (χ3n) is 3.13. The Morgan fingerprint density at radius 2 is 2.28 bits per heavy atom. The Kier molecular flexibility index (Phi) is 4.07. The third-order valence-corrected chi connectivity index (χ3v) is 4.07. The van der Waals surface area contributed by atoms with Crippen LogP contribution in [0.5, 0.6) is 0 Å². The average molecular weight is 356 g/mol. The van der Waals surface area contributed by atoms with Crippen LogP contribution in [0.1, 0.15) is 18.4 Å². The first-order valence-electron chi connectivity index (χ1n) is 5.68. The fraction of sp³-hybridized carbons (Fsp3) is 0.385. The highest BCUT2D eigenvalue weighted by Crippen LogP contribution is 2.31. The van der Waals surface area contributed by atoms with Crippen LogP contribution in [0.25, 0.3) is 0 Å². The van der Waals surface area contributed by atoms with Gasteiger partial charge in [0.25, 0.3) is 0 Å². The molecular weight excluding hydrogens is 343 g/mol. The Balaban J connectivity index is 1.93. The van der Waals surface area contributed by atoms with Crippen LogP contribution >= 0.6 is 22.6 Å². The van der Waals surface area contributed by atoms with Gasteiger partial charge in [-0.15, -0.1) is 0 Å². The van der Waals surface area contributed by atoms with Crippen molar-refractivity contribution in [3.8, 4) is 6.07 Å². The molecule has 1 N–H and O–H groups in total. The van der Waals surface area contributed by atoms with E-state index in [-0.39, 0.29) is 11.9 Å². The molecule has 0 bridgehead atoms. The zero-order valence-electron chi connectivity index (χ0n) is 9.94. The quantitative estimate of drug-likeness (QED) is 0.668. The van der Waals surface area contributed by atoms with E-state index < -0.39 is 0 Å². The molecule has 0 spiro atoms. The van der Waals surface area contributed by atoms with E-state index in [0.29, 0.717) is 11.6 Å². The molecule has 1 aliphatic carbocycles. The van der Waals surface area contributed by atoms with E-state index in [9.17, 15) is 4.79 Å². The van der Waals surface area contributed by atoms with Gasteiger partial charge in [0.2, 0.25) is 0 Å². The number of carbonyl (C=O) groups excluding carboxylic acids is 1. The van der Waals surface area contributed by atoms with Gasteiger partial charge in [0.1, 0.15) is 6.07 Å². The fourth-order valence-corrected chi connectivity index (χ4v) is 2.49. The molecule has 2 rings (SSSR count). The zero-order chi connectivity index (χ0) is 13.1. The molecule has 94 valence electrons. The molecule has 1 fully saturated rings. The summed E-state index contributed by atoms with van der Waals surface area (Å²) >= 11 is 2.14. The number of methoxy groups -OCH3 is 1. The molecule has 0 unspecified atom stereocenters. The van der Waals surface area contributed by atoms with Crippen LogP contribution in [0.15, 0.2) is 18.2 Å². The summed E-state index contributed by atoms with van der Waals surface area (Å²) in [6.45, 7) is 0. The summed E-state index contributed by atoms with van der Waals surface area (Å²) in [7, 11) is 1.42. The van der Waals surface area contributed by atoms with E-state index in [1.165, 1.54) is 7.11 Å². The van der Waals surface area contributed by atoms with Crippen molar-refractivity contribution in [2.24, 2.45) is 5.92 Å². The van der Waals surface area contributed by atoms with Crippen molar-refractivity contribution in [1.29, 1.82) is 5.26 Å². The van der Waals surface area contributed by atoms with Gasteiger partial charge in [0.15, 0.2) is 0 Å². The Bertz CT molecular complexity index is 504. The van der Waals surface area contributed by atoms with Gasteiger partial charge in [0.05, 0.1) is 18.6 Å². The first-order chi connectivity index (χ1) is 8.63. The van der Waals surface area contributed by atoms with Crippen LogP contribution in [0.3, 0.4) is 0 Å². The van der Waals surface area contributed by atoms with Crippen LogP contribution in [-0.4, -0.2) is 19.1 Å². The van der Waals surface area contributed by atoms with E-state index >= 15 is 0 Å². The minimum absolute atomic E-state index is 0.0202. The van der Waals surface area contributed by atoms with Crippen LogP contribution in [-0.2, 0) is 9.53 Å². The number of nitrogens with one attached hydrogen (secondary N) is 1. The van der Waals surface area contributed by atoms with Crippen LogP contribution in [0.4, 0.5) is 5.69 Å². The highest BCUT2D eigenvalue weighted by Gasteiger charge is 2.35. The largest absolute Gasteiger partial charge is 0.469 e. The van der Waals surface area contributed by atoms with Crippen molar-refractivity contribution in [2.75, 3.05) is 12.4 Å². The number of ether oxygens (including phenoxy) is 1. The number of hydrogen-bond acceptors (Lipinski definition) is 4. The van der Waals surface area contributed by atoms with Gasteiger partial charge >= 0.3 is 5.97 Å². The molecule has 1 saturated carbocycles. The van der Waals surface area contributed by atoms with Crippen molar-refractivity contribution in [2.45, 2.75) is 18.9 Å². The molecule has 0 aliphatic heterocycles. The maximum absolute atomic E-state index is 11.2. The second-order valence-corrected chi connectivity index (χ2v) is 5.50. The van der Waals surface area contributed by atoms with Gasteiger partial charge in [0, 0.05) is 15.3 Å². The second kappa shape index (κ2) is 5.57. The van der Waals surface area contributed by atoms with Crippen molar-refractivity contribution >= 4 is 34.2 Å². The number of anilines is 1. The van der Waals surface area contributed by atoms with Gasteiger partial charge in [-0.3, -0.25) is 4.79 Å². The number of hydrogen-bond donors (Lipinski definition) is 1. The van der Waals surface area contributed by atoms with Gasteiger partial charge in [-0.1, -0.05) is 0 Å². The fourth-order valence-electron chi connectivity index (χ4n) is 2.03. The van der Waals surface area contributed by atoms with E-state index in [2.05, 4.69) is 34.0 Å². The maximum Gasteiger partial charge on any atom is 0.308 e. The molecule has 1 aliphatic rings. The summed E-state index contributed by atoms with van der Waals surface area (Å²) in [4.78, 5) is 11.2. The predicted molar refractivity (Wildman–Crippen MR) is 76.0 cm³/mol. The van der Waals surface area contributed by atoms with Crippen LogP contribution < -0.4 is 5.32 Å². The summed E-state index contributed by atoms with van der Waals surface area (Å²) in [5.41, 5.74) is 1.60. The molecule has 0 aromatic heterocycles. The van der Waals surface area contributed by atoms with E-state index in [4.69, 9.17) is 10.00 Å². The van der Waals surface area contributed by atoms with Gasteiger partial charge in [-0.25, -0.2) is 0 Å². The Morgan fingerprint density at radius 3 is 2.89 bits per heavy atom. The summed E-state index contributed by atoms with van der Waals surface area (Å²) in [5, 5.41) is 12.3. The number of rotatable bonds is 3. The first-order valence-corrected chi connectivity index (χ1v) is 6.76. The topological polar surface area (TPSA) is 62.1 Å².